The summed E-state index contributed by atoms with van der Waals surface area (Å²) in [4.78, 5) is 13.6. The molecule has 0 saturated heterocycles. The van der Waals surface area contributed by atoms with E-state index in [1.807, 2.05) is 0 Å². The molecule has 2 heteroatoms. The largest absolute Gasteiger partial charge is 0.300 e. The maximum absolute atomic E-state index is 11.2. The molecule has 2 atom stereocenters. The van der Waals surface area contributed by atoms with Crippen LogP contribution < -0.4 is 0 Å². The number of ketones is 1. The average molecular weight is 183 g/mol. The predicted molar refractivity (Wildman–Crippen MR) is 54.8 cm³/mol. The molecule has 1 rings (SSSR count). The van der Waals surface area contributed by atoms with Crippen LogP contribution in [-0.4, -0.2) is 29.3 Å². The van der Waals surface area contributed by atoms with Crippen LogP contribution >= 0.6 is 0 Å². The summed E-state index contributed by atoms with van der Waals surface area (Å²) in [6.45, 7) is 7.73. The van der Waals surface area contributed by atoms with Crippen LogP contribution in [0.5, 0.6) is 0 Å². The van der Waals surface area contributed by atoms with Crippen LogP contribution in [0.4, 0.5) is 0 Å². The Morgan fingerprint density at radius 3 is 2.62 bits per heavy atom. The lowest BCUT2D eigenvalue weighted by molar-refractivity contribution is -0.117. The van der Waals surface area contributed by atoms with Crippen molar-refractivity contribution in [2.24, 2.45) is 0 Å². The average Bonchev–Trinajstić information content (AvgIpc) is 2.53. The lowest BCUT2D eigenvalue weighted by Gasteiger charge is -2.32. The summed E-state index contributed by atoms with van der Waals surface area (Å²) in [6, 6.07) is 1.16. The fourth-order valence-electron chi connectivity index (χ4n) is 2.24. The van der Waals surface area contributed by atoms with Gasteiger partial charge in [-0.05, 0) is 26.3 Å². The number of nitrogens with zero attached hydrogens (tertiary/aromatic N) is 1. The molecule has 1 fully saturated rings. The zero-order chi connectivity index (χ0) is 9.84. The zero-order valence-corrected chi connectivity index (χ0v) is 9.05. The molecule has 2 unspecified atom stereocenters. The van der Waals surface area contributed by atoms with Crippen molar-refractivity contribution in [3.05, 3.63) is 0 Å². The molecular formula is C11H21NO. The van der Waals surface area contributed by atoms with Gasteiger partial charge in [-0.15, -0.1) is 0 Å². The Kier molecular flexibility index (Phi) is 3.91. The van der Waals surface area contributed by atoms with Crippen molar-refractivity contribution in [2.45, 2.75) is 58.5 Å². The van der Waals surface area contributed by atoms with Gasteiger partial charge in [0.25, 0.3) is 0 Å². The van der Waals surface area contributed by atoms with Gasteiger partial charge in [-0.3, -0.25) is 9.69 Å². The van der Waals surface area contributed by atoms with Crippen molar-refractivity contribution in [1.29, 1.82) is 0 Å². The third kappa shape index (κ3) is 2.53. The first-order valence-corrected chi connectivity index (χ1v) is 5.46. The van der Waals surface area contributed by atoms with E-state index in [0.29, 0.717) is 17.9 Å². The first-order valence-electron chi connectivity index (χ1n) is 5.46. The van der Waals surface area contributed by atoms with E-state index in [-0.39, 0.29) is 0 Å². The van der Waals surface area contributed by atoms with Gasteiger partial charge in [0.15, 0.2) is 0 Å². The molecule has 0 bridgehead atoms. The Labute approximate surface area is 81.3 Å². The number of carbonyl (C=O) groups excluding carboxylic acids is 1. The lowest BCUT2D eigenvalue weighted by atomic mass is 10.1. The molecule has 0 N–H and O–H groups in total. The maximum Gasteiger partial charge on any atom is 0.134 e. The molecule has 1 aliphatic rings. The SMILES string of the molecule is CCC(C)N(CC)C1CCC(=O)C1. The maximum atomic E-state index is 11.2. The van der Waals surface area contributed by atoms with Crippen molar-refractivity contribution < 1.29 is 4.79 Å². The Hall–Kier alpha value is -0.370. The van der Waals surface area contributed by atoms with Crippen molar-refractivity contribution in [3.8, 4) is 0 Å². The molecule has 0 aliphatic heterocycles. The summed E-state index contributed by atoms with van der Waals surface area (Å²) in [5, 5.41) is 0. The van der Waals surface area contributed by atoms with Gasteiger partial charge in [-0.1, -0.05) is 13.8 Å². The first-order chi connectivity index (χ1) is 6.19. The zero-order valence-electron chi connectivity index (χ0n) is 9.05. The van der Waals surface area contributed by atoms with Gasteiger partial charge in [0.05, 0.1) is 0 Å². The molecule has 13 heavy (non-hydrogen) atoms. The van der Waals surface area contributed by atoms with E-state index < -0.39 is 0 Å². The predicted octanol–water partition coefficient (Wildman–Crippen LogP) is 2.23. The molecule has 0 amide bonds. The summed E-state index contributed by atoms with van der Waals surface area (Å²) < 4.78 is 0. The highest BCUT2D eigenvalue weighted by molar-refractivity contribution is 5.81. The van der Waals surface area contributed by atoms with Gasteiger partial charge in [-0.25, -0.2) is 0 Å². The van der Waals surface area contributed by atoms with E-state index in [0.717, 1.165) is 25.8 Å². The van der Waals surface area contributed by atoms with Crippen LogP contribution in [-0.2, 0) is 4.79 Å². The third-order valence-corrected chi connectivity index (χ3v) is 3.21. The number of carbonyl (C=O) groups is 1. The smallest absolute Gasteiger partial charge is 0.134 e. The van der Waals surface area contributed by atoms with Crippen molar-refractivity contribution in [2.75, 3.05) is 6.54 Å². The number of hydrogen-bond acceptors (Lipinski definition) is 2. The molecule has 0 radical (unpaired) electrons. The van der Waals surface area contributed by atoms with Crippen LogP contribution in [0, 0.1) is 0 Å². The second-order valence-electron chi connectivity index (χ2n) is 4.02. The summed E-state index contributed by atoms with van der Waals surface area (Å²) >= 11 is 0. The minimum Gasteiger partial charge on any atom is -0.300 e. The second-order valence-corrected chi connectivity index (χ2v) is 4.02. The van der Waals surface area contributed by atoms with Gasteiger partial charge in [-0.2, -0.15) is 0 Å². The third-order valence-electron chi connectivity index (χ3n) is 3.21. The lowest BCUT2D eigenvalue weighted by Crippen LogP contribution is -2.40. The Morgan fingerprint density at radius 2 is 2.23 bits per heavy atom. The number of hydrogen-bond donors (Lipinski definition) is 0. The molecule has 76 valence electrons. The van der Waals surface area contributed by atoms with E-state index in [9.17, 15) is 4.79 Å². The summed E-state index contributed by atoms with van der Waals surface area (Å²) in [6.07, 6.45) is 3.85. The molecule has 0 aromatic rings. The van der Waals surface area contributed by atoms with E-state index in [1.165, 1.54) is 6.42 Å². The van der Waals surface area contributed by atoms with Crippen LogP contribution in [0.25, 0.3) is 0 Å². The Balaban J connectivity index is 2.51. The van der Waals surface area contributed by atoms with Crippen molar-refractivity contribution in [3.63, 3.8) is 0 Å². The highest BCUT2D eigenvalue weighted by Crippen LogP contribution is 2.23. The van der Waals surface area contributed by atoms with Gasteiger partial charge in [0, 0.05) is 24.9 Å². The second kappa shape index (κ2) is 4.75. The fourth-order valence-corrected chi connectivity index (χ4v) is 2.24. The van der Waals surface area contributed by atoms with Crippen LogP contribution in [0.1, 0.15) is 46.5 Å². The van der Waals surface area contributed by atoms with Crippen LogP contribution in [0.2, 0.25) is 0 Å². The van der Waals surface area contributed by atoms with Crippen molar-refractivity contribution in [1.82, 2.24) is 4.90 Å². The minimum atomic E-state index is 0.451. The van der Waals surface area contributed by atoms with E-state index >= 15 is 0 Å². The standard InChI is InChI=1S/C11H21NO/c1-4-9(3)12(5-2)10-6-7-11(13)8-10/h9-10H,4-8H2,1-3H3. The monoisotopic (exact) mass is 183 g/mol. The van der Waals surface area contributed by atoms with Gasteiger partial charge < -0.3 is 0 Å². The van der Waals surface area contributed by atoms with E-state index in [2.05, 4.69) is 25.7 Å². The van der Waals surface area contributed by atoms with E-state index in [1.54, 1.807) is 0 Å². The van der Waals surface area contributed by atoms with Gasteiger partial charge in [0.1, 0.15) is 5.78 Å². The molecule has 1 aliphatic carbocycles. The van der Waals surface area contributed by atoms with Gasteiger partial charge >= 0.3 is 0 Å². The Bertz CT molecular complexity index is 179. The van der Waals surface area contributed by atoms with E-state index in [4.69, 9.17) is 0 Å². The van der Waals surface area contributed by atoms with Crippen molar-refractivity contribution >= 4 is 5.78 Å². The highest BCUT2D eigenvalue weighted by atomic mass is 16.1. The number of rotatable bonds is 4. The quantitative estimate of drug-likeness (QED) is 0.666. The first kappa shape index (κ1) is 10.7. The van der Waals surface area contributed by atoms with Crippen LogP contribution in [0.3, 0.4) is 0 Å². The summed E-state index contributed by atoms with van der Waals surface area (Å²) in [7, 11) is 0. The molecule has 1 saturated carbocycles. The summed E-state index contributed by atoms with van der Waals surface area (Å²) in [5.41, 5.74) is 0. The Morgan fingerprint density at radius 1 is 1.54 bits per heavy atom. The van der Waals surface area contributed by atoms with Crippen LogP contribution in [0.15, 0.2) is 0 Å². The molecular weight excluding hydrogens is 162 g/mol. The molecule has 0 aromatic heterocycles. The fraction of sp³-hybridized carbons (Fsp3) is 0.909. The number of Topliss-reactive ketones (excluding diaryl/α,β-unsaturated/α-hetero) is 1. The highest BCUT2D eigenvalue weighted by Gasteiger charge is 2.28. The molecule has 0 aromatic carbocycles. The summed E-state index contributed by atoms with van der Waals surface area (Å²) in [5.74, 6) is 0.451. The molecule has 0 spiro atoms. The van der Waals surface area contributed by atoms with Gasteiger partial charge in [0.2, 0.25) is 0 Å². The molecule has 0 heterocycles. The molecule has 2 nitrogen and oxygen atoms in total. The normalized spacial score (nSPS) is 25.5. The topological polar surface area (TPSA) is 20.3 Å². The minimum absolute atomic E-state index is 0.451.